The minimum absolute atomic E-state index is 0.0483. The lowest BCUT2D eigenvalue weighted by molar-refractivity contribution is 0.331. The van der Waals surface area contributed by atoms with Crippen molar-refractivity contribution in [3.8, 4) is 0 Å². The second-order valence-electron chi connectivity index (χ2n) is 5.24. The lowest BCUT2D eigenvalue weighted by Crippen LogP contribution is -2.28. The zero-order chi connectivity index (χ0) is 10.9. The van der Waals surface area contributed by atoms with E-state index in [1.807, 2.05) is 0 Å². The summed E-state index contributed by atoms with van der Waals surface area (Å²) < 4.78 is 5.73. The largest absolute Gasteiger partial charge is 0.424 e. The Hall–Kier alpha value is -0.900. The summed E-state index contributed by atoms with van der Waals surface area (Å²) in [5.41, 5.74) is -0.0483. The number of piperidine rings is 1. The molecule has 1 N–H and O–H groups in total. The van der Waals surface area contributed by atoms with Gasteiger partial charge in [-0.05, 0) is 19.4 Å². The van der Waals surface area contributed by atoms with Gasteiger partial charge in [-0.25, -0.2) is 0 Å². The number of hydrogen-bond acceptors (Lipinski definition) is 4. The molecule has 1 atom stereocenters. The molecule has 1 unspecified atom stereocenters. The molecule has 15 heavy (non-hydrogen) atoms. The molecule has 84 valence electrons. The van der Waals surface area contributed by atoms with E-state index >= 15 is 0 Å². The Labute approximate surface area is 90.5 Å². The van der Waals surface area contributed by atoms with Crippen molar-refractivity contribution in [2.45, 2.75) is 44.9 Å². The summed E-state index contributed by atoms with van der Waals surface area (Å²) in [4.78, 5) is 0. The Bertz CT molecular complexity index is 321. The summed E-state index contributed by atoms with van der Waals surface area (Å²) >= 11 is 0. The van der Waals surface area contributed by atoms with Crippen LogP contribution in [0, 0.1) is 0 Å². The topological polar surface area (TPSA) is 51.0 Å². The van der Waals surface area contributed by atoms with Gasteiger partial charge in [0.25, 0.3) is 0 Å². The molecule has 1 aromatic rings. The molecule has 1 aliphatic rings. The van der Waals surface area contributed by atoms with Gasteiger partial charge in [-0.15, -0.1) is 10.2 Å². The molecule has 0 bridgehead atoms. The van der Waals surface area contributed by atoms with Gasteiger partial charge in [0.15, 0.2) is 0 Å². The highest BCUT2D eigenvalue weighted by molar-refractivity contribution is 5.00. The van der Waals surface area contributed by atoms with Crippen LogP contribution in [-0.2, 0) is 5.41 Å². The van der Waals surface area contributed by atoms with Crippen LogP contribution in [-0.4, -0.2) is 23.3 Å². The first-order valence-corrected chi connectivity index (χ1v) is 5.62. The highest BCUT2D eigenvalue weighted by Crippen LogP contribution is 2.26. The minimum atomic E-state index is -0.0483. The van der Waals surface area contributed by atoms with Crippen molar-refractivity contribution in [2.24, 2.45) is 0 Å². The fourth-order valence-electron chi connectivity index (χ4n) is 1.77. The third kappa shape index (κ3) is 2.37. The summed E-state index contributed by atoms with van der Waals surface area (Å²) in [5, 5.41) is 11.6. The molecular formula is C11H19N3O. The van der Waals surface area contributed by atoms with Crippen LogP contribution in [0.5, 0.6) is 0 Å². The van der Waals surface area contributed by atoms with Crippen molar-refractivity contribution in [3.63, 3.8) is 0 Å². The van der Waals surface area contributed by atoms with Gasteiger partial charge in [0.05, 0.1) is 0 Å². The zero-order valence-electron chi connectivity index (χ0n) is 9.71. The second-order valence-corrected chi connectivity index (χ2v) is 5.24. The Morgan fingerprint density at radius 3 is 2.67 bits per heavy atom. The van der Waals surface area contributed by atoms with Crippen molar-refractivity contribution >= 4 is 0 Å². The van der Waals surface area contributed by atoms with Crippen molar-refractivity contribution in [1.29, 1.82) is 0 Å². The van der Waals surface area contributed by atoms with Gasteiger partial charge in [0.1, 0.15) is 0 Å². The van der Waals surface area contributed by atoms with Crippen molar-refractivity contribution in [1.82, 2.24) is 15.5 Å². The predicted octanol–water partition coefficient (Wildman–Crippen LogP) is 1.83. The van der Waals surface area contributed by atoms with Crippen molar-refractivity contribution in [3.05, 3.63) is 11.8 Å². The molecule has 1 aromatic heterocycles. The maximum atomic E-state index is 5.73. The quantitative estimate of drug-likeness (QED) is 0.766. The van der Waals surface area contributed by atoms with Gasteiger partial charge in [-0.2, -0.15) is 0 Å². The maximum absolute atomic E-state index is 5.73. The van der Waals surface area contributed by atoms with E-state index in [-0.39, 0.29) is 5.41 Å². The molecule has 0 spiro atoms. The Kier molecular flexibility index (Phi) is 2.78. The molecule has 2 heterocycles. The van der Waals surface area contributed by atoms with E-state index in [2.05, 4.69) is 36.3 Å². The zero-order valence-corrected chi connectivity index (χ0v) is 9.71. The van der Waals surface area contributed by atoms with Crippen LogP contribution < -0.4 is 5.32 Å². The van der Waals surface area contributed by atoms with E-state index in [4.69, 9.17) is 4.42 Å². The van der Waals surface area contributed by atoms with E-state index in [1.54, 1.807) is 0 Å². The molecule has 4 nitrogen and oxygen atoms in total. The fourth-order valence-corrected chi connectivity index (χ4v) is 1.77. The van der Waals surface area contributed by atoms with Crippen LogP contribution >= 0.6 is 0 Å². The predicted molar refractivity (Wildman–Crippen MR) is 57.8 cm³/mol. The summed E-state index contributed by atoms with van der Waals surface area (Å²) in [6.07, 6.45) is 2.34. The number of hydrogen-bond donors (Lipinski definition) is 1. The Morgan fingerprint density at radius 2 is 2.13 bits per heavy atom. The Morgan fingerprint density at radius 1 is 1.33 bits per heavy atom. The normalized spacial score (nSPS) is 23.0. The molecule has 0 radical (unpaired) electrons. The molecule has 1 aliphatic heterocycles. The summed E-state index contributed by atoms with van der Waals surface area (Å²) in [6, 6.07) is 0. The van der Waals surface area contributed by atoms with Gasteiger partial charge < -0.3 is 9.73 Å². The number of nitrogens with zero attached hydrogens (tertiary/aromatic N) is 2. The van der Waals surface area contributed by atoms with Gasteiger partial charge >= 0.3 is 0 Å². The number of nitrogens with one attached hydrogen (secondary N) is 1. The third-order valence-corrected chi connectivity index (χ3v) is 2.73. The van der Waals surface area contributed by atoms with Gasteiger partial charge in [0.2, 0.25) is 11.8 Å². The molecule has 1 fully saturated rings. The van der Waals surface area contributed by atoms with Gasteiger partial charge in [0, 0.05) is 17.9 Å². The van der Waals surface area contributed by atoms with Crippen LogP contribution in [0.4, 0.5) is 0 Å². The first kappa shape index (κ1) is 10.6. The summed E-state index contributed by atoms with van der Waals surface area (Å²) in [5.74, 6) is 1.94. The van der Waals surface area contributed by atoms with Crippen LogP contribution in [0.3, 0.4) is 0 Å². The second kappa shape index (κ2) is 3.93. The minimum Gasteiger partial charge on any atom is -0.424 e. The first-order valence-electron chi connectivity index (χ1n) is 5.62. The summed E-state index contributed by atoms with van der Waals surface area (Å²) in [7, 11) is 0. The van der Waals surface area contributed by atoms with Gasteiger partial charge in [-0.1, -0.05) is 20.8 Å². The highest BCUT2D eigenvalue weighted by atomic mass is 16.4. The SMILES string of the molecule is CC(C)(C)c1nnc(C2CCCNC2)o1. The molecule has 0 aromatic carbocycles. The molecule has 0 saturated carbocycles. The standard InChI is InChI=1S/C11H19N3O/c1-11(2,3)10-14-13-9(15-10)8-5-4-6-12-7-8/h8,12H,4-7H2,1-3H3. The van der Waals surface area contributed by atoms with Crippen molar-refractivity contribution < 1.29 is 4.42 Å². The van der Waals surface area contributed by atoms with Crippen LogP contribution in [0.25, 0.3) is 0 Å². The first-order chi connectivity index (χ1) is 7.07. The molecule has 0 aliphatic carbocycles. The van der Waals surface area contributed by atoms with E-state index in [0.717, 1.165) is 31.3 Å². The van der Waals surface area contributed by atoms with E-state index in [1.165, 1.54) is 6.42 Å². The summed E-state index contributed by atoms with van der Waals surface area (Å²) in [6.45, 7) is 8.33. The molecule has 1 saturated heterocycles. The van der Waals surface area contributed by atoms with Crippen molar-refractivity contribution in [2.75, 3.05) is 13.1 Å². The fraction of sp³-hybridized carbons (Fsp3) is 0.818. The number of rotatable bonds is 1. The molecule has 4 heteroatoms. The van der Waals surface area contributed by atoms with E-state index in [9.17, 15) is 0 Å². The smallest absolute Gasteiger partial charge is 0.221 e. The van der Waals surface area contributed by atoms with Crippen LogP contribution in [0.15, 0.2) is 4.42 Å². The molecular weight excluding hydrogens is 190 g/mol. The van der Waals surface area contributed by atoms with E-state index in [0.29, 0.717) is 5.92 Å². The lowest BCUT2D eigenvalue weighted by atomic mass is 9.97. The number of aromatic nitrogens is 2. The van der Waals surface area contributed by atoms with E-state index < -0.39 is 0 Å². The Balaban J connectivity index is 2.12. The lowest BCUT2D eigenvalue weighted by Gasteiger charge is -2.19. The molecule has 0 amide bonds. The van der Waals surface area contributed by atoms with Crippen LogP contribution in [0.2, 0.25) is 0 Å². The van der Waals surface area contributed by atoms with Gasteiger partial charge in [-0.3, -0.25) is 0 Å². The average molecular weight is 209 g/mol. The third-order valence-electron chi connectivity index (χ3n) is 2.73. The highest BCUT2D eigenvalue weighted by Gasteiger charge is 2.25. The molecule has 2 rings (SSSR count). The van der Waals surface area contributed by atoms with Crippen LogP contribution in [0.1, 0.15) is 51.3 Å². The maximum Gasteiger partial charge on any atom is 0.221 e. The average Bonchev–Trinajstić information content (AvgIpc) is 2.67. The monoisotopic (exact) mass is 209 g/mol.